The summed E-state index contributed by atoms with van der Waals surface area (Å²) >= 11 is 7.36. The summed E-state index contributed by atoms with van der Waals surface area (Å²) < 4.78 is 0. The van der Waals surface area contributed by atoms with E-state index in [0.717, 1.165) is 42.4 Å². The molecule has 0 aliphatic carbocycles. The molecule has 2 heterocycles. The minimum atomic E-state index is -0.0697. The fraction of sp³-hybridized carbons (Fsp3) is 0.400. The molecule has 0 bridgehead atoms. The minimum absolute atomic E-state index is 0.0229. The van der Waals surface area contributed by atoms with Crippen LogP contribution in [0, 0.1) is 0 Å². The Hall–Kier alpha value is -1.89. The molecule has 1 fully saturated rings. The van der Waals surface area contributed by atoms with Crippen molar-refractivity contribution in [3.8, 4) is 0 Å². The number of amides is 2. The maximum Gasteiger partial charge on any atom is 0.261 e. The number of halogens is 1. The van der Waals surface area contributed by atoms with Gasteiger partial charge in [0.1, 0.15) is 0 Å². The first kappa shape index (κ1) is 19.9. The zero-order valence-electron chi connectivity index (χ0n) is 15.3. The van der Waals surface area contributed by atoms with Crippen LogP contribution in [0.2, 0.25) is 5.02 Å². The number of hydrogen-bond donors (Lipinski definition) is 2. The van der Waals surface area contributed by atoms with E-state index in [1.54, 1.807) is 0 Å². The Labute approximate surface area is 168 Å². The number of likely N-dealkylation sites (tertiary alicyclic amines) is 1. The molecule has 1 aliphatic rings. The molecule has 0 atom stereocenters. The van der Waals surface area contributed by atoms with Crippen LogP contribution in [0.1, 0.15) is 39.9 Å². The lowest BCUT2D eigenvalue weighted by molar-refractivity contribution is -0.119. The summed E-state index contributed by atoms with van der Waals surface area (Å²) in [5.41, 5.74) is 1.26. The van der Waals surface area contributed by atoms with Crippen LogP contribution >= 0.6 is 22.9 Å². The lowest BCUT2D eigenvalue weighted by Crippen LogP contribution is -2.44. The van der Waals surface area contributed by atoms with Crippen LogP contribution in [0.3, 0.4) is 0 Å². The molecule has 1 saturated heterocycles. The van der Waals surface area contributed by atoms with E-state index in [-0.39, 0.29) is 17.9 Å². The maximum absolute atomic E-state index is 12.5. The van der Waals surface area contributed by atoms with E-state index >= 15 is 0 Å². The second-order valence-electron chi connectivity index (χ2n) is 6.83. The molecular weight excluding hydrogens is 382 g/mol. The molecule has 2 aromatic rings. The second-order valence-corrected chi connectivity index (χ2v) is 8.43. The normalized spacial score (nSPS) is 15.5. The Morgan fingerprint density at radius 3 is 2.52 bits per heavy atom. The number of nitrogens with zero attached hydrogens (tertiary/aromatic N) is 1. The van der Waals surface area contributed by atoms with Crippen molar-refractivity contribution in [1.82, 2.24) is 15.5 Å². The quantitative estimate of drug-likeness (QED) is 0.773. The molecule has 144 valence electrons. The first-order valence-corrected chi connectivity index (χ1v) is 10.3. The largest absolute Gasteiger partial charge is 0.351 e. The van der Waals surface area contributed by atoms with Gasteiger partial charge in [-0.25, -0.2) is 0 Å². The second kappa shape index (κ2) is 9.35. The predicted octanol–water partition coefficient (Wildman–Crippen LogP) is 3.43. The van der Waals surface area contributed by atoms with Gasteiger partial charge in [-0.05, 0) is 42.7 Å². The smallest absolute Gasteiger partial charge is 0.261 e. The molecule has 1 aromatic carbocycles. The van der Waals surface area contributed by atoms with Gasteiger partial charge in [0.2, 0.25) is 5.91 Å². The van der Waals surface area contributed by atoms with Crippen molar-refractivity contribution in [2.24, 2.45) is 0 Å². The first-order chi connectivity index (χ1) is 13.0. The molecule has 27 heavy (non-hydrogen) atoms. The topological polar surface area (TPSA) is 61.4 Å². The predicted molar refractivity (Wildman–Crippen MR) is 109 cm³/mol. The van der Waals surface area contributed by atoms with Crippen molar-refractivity contribution in [1.29, 1.82) is 0 Å². The van der Waals surface area contributed by atoms with Gasteiger partial charge in [0.25, 0.3) is 5.91 Å². The number of benzene rings is 1. The van der Waals surface area contributed by atoms with Crippen LogP contribution in [0.25, 0.3) is 0 Å². The van der Waals surface area contributed by atoms with Crippen molar-refractivity contribution in [3.63, 3.8) is 0 Å². The number of carbonyl (C=O) groups is 2. The molecule has 1 aromatic heterocycles. The molecule has 2 N–H and O–H groups in total. The highest BCUT2D eigenvalue weighted by atomic mass is 35.5. The van der Waals surface area contributed by atoms with E-state index < -0.39 is 0 Å². The summed E-state index contributed by atoms with van der Waals surface area (Å²) in [6.07, 6.45) is 1.90. The van der Waals surface area contributed by atoms with Crippen LogP contribution in [-0.2, 0) is 17.9 Å². The lowest BCUT2D eigenvalue weighted by Gasteiger charge is -2.32. The summed E-state index contributed by atoms with van der Waals surface area (Å²) in [4.78, 5) is 27.5. The summed E-state index contributed by atoms with van der Waals surface area (Å²) in [6.45, 7) is 4.80. The van der Waals surface area contributed by atoms with Gasteiger partial charge in [0, 0.05) is 42.5 Å². The van der Waals surface area contributed by atoms with E-state index in [0.29, 0.717) is 11.4 Å². The summed E-state index contributed by atoms with van der Waals surface area (Å²) in [6, 6.07) is 11.9. The Kier molecular flexibility index (Phi) is 6.88. The van der Waals surface area contributed by atoms with Crippen LogP contribution in [0.15, 0.2) is 36.4 Å². The standard InChI is InChI=1S/C20H24ClN3O2S/c1-14(25)22-12-18-6-7-19(27-18)20(26)23-17-8-10-24(11-9-17)13-15-2-4-16(21)5-3-15/h2-7,17H,8-13H2,1H3,(H,22,25)(H,23,26). The Balaban J connectivity index is 1.44. The van der Waals surface area contributed by atoms with Crippen LogP contribution in [0.4, 0.5) is 0 Å². The number of nitrogens with one attached hydrogen (secondary N) is 2. The third-order valence-electron chi connectivity index (χ3n) is 4.64. The van der Waals surface area contributed by atoms with E-state index in [1.807, 2.05) is 24.3 Å². The molecule has 1 aliphatic heterocycles. The third-order valence-corrected chi connectivity index (χ3v) is 5.98. The highest BCUT2D eigenvalue weighted by Gasteiger charge is 2.21. The van der Waals surface area contributed by atoms with Crippen molar-refractivity contribution < 1.29 is 9.59 Å². The van der Waals surface area contributed by atoms with Crippen molar-refractivity contribution in [3.05, 3.63) is 56.7 Å². The Bertz CT molecular complexity index is 783. The molecule has 0 spiro atoms. The summed E-state index contributed by atoms with van der Waals surface area (Å²) in [5, 5.41) is 6.65. The molecule has 7 heteroatoms. The van der Waals surface area contributed by atoms with E-state index in [1.165, 1.54) is 23.8 Å². The van der Waals surface area contributed by atoms with Crippen LogP contribution in [-0.4, -0.2) is 35.8 Å². The van der Waals surface area contributed by atoms with Gasteiger partial charge < -0.3 is 10.6 Å². The number of hydrogen-bond acceptors (Lipinski definition) is 4. The Morgan fingerprint density at radius 2 is 1.85 bits per heavy atom. The van der Waals surface area contributed by atoms with E-state index in [4.69, 9.17) is 11.6 Å². The van der Waals surface area contributed by atoms with Crippen LogP contribution < -0.4 is 10.6 Å². The zero-order valence-corrected chi connectivity index (χ0v) is 16.9. The molecular formula is C20H24ClN3O2S. The SMILES string of the molecule is CC(=O)NCc1ccc(C(=O)NC2CCN(Cc3ccc(Cl)cc3)CC2)s1. The van der Waals surface area contributed by atoms with Crippen molar-refractivity contribution >= 4 is 34.8 Å². The molecule has 5 nitrogen and oxygen atoms in total. The Morgan fingerprint density at radius 1 is 1.15 bits per heavy atom. The maximum atomic E-state index is 12.5. The fourth-order valence-electron chi connectivity index (χ4n) is 3.15. The van der Waals surface area contributed by atoms with Gasteiger partial charge in [0.05, 0.1) is 11.4 Å². The van der Waals surface area contributed by atoms with E-state index in [9.17, 15) is 9.59 Å². The highest BCUT2D eigenvalue weighted by molar-refractivity contribution is 7.14. The monoisotopic (exact) mass is 405 g/mol. The number of rotatable bonds is 6. The fourth-order valence-corrected chi connectivity index (χ4v) is 4.12. The van der Waals surface area contributed by atoms with Crippen molar-refractivity contribution in [2.45, 2.75) is 38.9 Å². The van der Waals surface area contributed by atoms with Gasteiger partial charge >= 0.3 is 0 Å². The van der Waals surface area contributed by atoms with Gasteiger partial charge in [-0.15, -0.1) is 11.3 Å². The summed E-state index contributed by atoms with van der Waals surface area (Å²) in [7, 11) is 0. The minimum Gasteiger partial charge on any atom is -0.351 e. The molecule has 0 radical (unpaired) electrons. The molecule has 2 amide bonds. The number of carbonyl (C=O) groups excluding carboxylic acids is 2. The van der Waals surface area contributed by atoms with Crippen molar-refractivity contribution in [2.75, 3.05) is 13.1 Å². The van der Waals surface area contributed by atoms with Crippen LogP contribution in [0.5, 0.6) is 0 Å². The number of piperidine rings is 1. The highest BCUT2D eigenvalue weighted by Crippen LogP contribution is 2.19. The molecule has 0 saturated carbocycles. The zero-order chi connectivity index (χ0) is 19.2. The van der Waals surface area contributed by atoms with Gasteiger partial charge in [0.15, 0.2) is 0 Å². The third kappa shape index (κ3) is 6.06. The first-order valence-electron chi connectivity index (χ1n) is 9.10. The average molecular weight is 406 g/mol. The van der Waals surface area contributed by atoms with E-state index in [2.05, 4.69) is 27.7 Å². The van der Waals surface area contributed by atoms with Gasteiger partial charge in [-0.2, -0.15) is 0 Å². The molecule has 0 unspecified atom stereocenters. The van der Waals surface area contributed by atoms with Gasteiger partial charge in [-0.3, -0.25) is 14.5 Å². The lowest BCUT2D eigenvalue weighted by atomic mass is 10.0. The average Bonchev–Trinajstić information content (AvgIpc) is 3.13. The summed E-state index contributed by atoms with van der Waals surface area (Å²) in [5.74, 6) is -0.0926. The van der Waals surface area contributed by atoms with Gasteiger partial charge in [-0.1, -0.05) is 23.7 Å². The number of thiophene rings is 1. The molecule has 3 rings (SSSR count).